The minimum atomic E-state index is 0.688. The quantitative estimate of drug-likeness (QED) is 0.753. The van der Waals surface area contributed by atoms with E-state index in [2.05, 4.69) is 44.2 Å². The fraction of sp³-hybridized carbons (Fsp3) is 0.375. The largest absolute Gasteiger partial charge is 0.497 e. The zero-order valence-corrected chi connectivity index (χ0v) is 10.7. The van der Waals surface area contributed by atoms with Crippen LogP contribution in [-0.4, -0.2) is 6.61 Å². The summed E-state index contributed by atoms with van der Waals surface area (Å²) < 4.78 is 5.22. The molecule has 0 bridgehead atoms. The molecule has 1 aliphatic heterocycles. The highest BCUT2D eigenvalue weighted by atomic mass is 16.5. The molecule has 90 valence electrons. The first kappa shape index (κ1) is 12.0. The second-order valence-electron chi connectivity index (χ2n) is 4.34. The Labute approximate surface area is 104 Å². The average molecular weight is 228 g/mol. The third-order valence-corrected chi connectivity index (χ3v) is 3.21. The van der Waals surface area contributed by atoms with Crippen molar-refractivity contribution in [3.63, 3.8) is 0 Å². The number of benzene rings is 1. The third-order valence-electron chi connectivity index (χ3n) is 3.21. The Morgan fingerprint density at radius 3 is 2.76 bits per heavy atom. The highest BCUT2D eigenvalue weighted by molar-refractivity contribution is 5.77. The molecule has 0 N–H and O–H groups in total. The van der Waals surface area contributed by atoms with Gasteiger partial charge in [-0.15, -0.1) is 0 Å². The molecular weight excluding hydrogens is 208 g/mol. The predicted molar refractivity (Wildman–Crippen MR) is 72.9 cm³/mol. The Morgan fingerprint density at radius 1 is 1.24 bits per heavy atom. The van der Waals surface area contributed by atoms with Gasteiger partial charge in [-0.2, -0.15) is 0 Å². The van der Waals surface area contributed by atoms with Crippen LogP contribution in [0.5, 0.6) is 0 Å². The van der Waals surface area contributed by atoms with Crippen LogP contribution in [0.4, 0.5) is 0 Å². The van der Waals surface area contributed by atoms with Crippen LogP contribution in [-0.2, 0) is 17.6 Å². The molecule has 1 aliphatic rings. The van der Waals surface area contributed by atoms with Crippen molar-refractivity contribution in [2.45, 2.75) is 33.1 Å². The molecule has 1 nitrogen and oxygen atoms in total. The fourth-order valence-electron chi connectivity index (χ4n) is 2.36. The van der Waals surface area contributed by atoms with Crippen LogP contribution in [0, 0.1) is 0 Å². The highest BCUT2D eigenvalue weighted by Crippen LogP contribution is 2.26. The monoisotopic (exact) mass is 228 g/mol. The van der Waals surface area contributed by atoms with Crippen molar-refractivity contribution in [2.75, 3.05) is 6.61 Å². The van der Waals surface area contributed by atoms with Gasteiger partial charge < -0.3 is 4.74 Å². The molecule has 2 rings (SSSR count). The van der Waals surface area contributed by atoms with E-state index in [1.165, 1.54) is 28.7 Å². The van der Waals surface area contributed by atoms with E-state index >= 15 is 0 Å². The van der Waals surface area contributed by atoms with E-state index in [9.17, 15) is 0 Å². The van der Waals surface area contributed by atoms with Gasteiger partial charge in [0.05, 0.1) is 6.26 Å². The summed E-state index contributed by atoms with van der Waals surface area (Å²) in [4.78, 5) is 0. The molecule has 1 heteroatoms. The summed E-state index contributed by atoms with van der Waals surface area (Å²) in [6.07, 6.45) is 9.48. The van der Waals surface area contributed by atoms with Gasteiger partial charge in [-0.1, -0.05) is 38.5 Å². The van der Waals surface area contributed by atoms with Gasteiger partial charge in [-0.25, -0.2) is 0 Å². The Bertz CT molecular complexity index is 441. The molecule has 0 radical (unpaired) electrons. The maximum Gasteiger partial charge on any atom is 0.106 e. The molecule has 1 heterocycles. The number of ether oxygens (including phenoxy) is 1. The summed E-state index contributed by atoms with van der Waals surface area (Å²) >= 11 is 0. The molecule has 1 aromatic rings. The van der Waals surface area contributed by atoms with Gasteiger partial charge in [0, 0.05) is 0 Å². The van der Waals surface area contributed by atoms with E-state index in [1.54, 1.807) is 6.26 Å². The normalized spacial score (nSPS) is 14.4. The molecular formula is C16H20O. The summed E-state index contributed by atoms with van der Waals surface area (Å²) in [5, 5.41) is 0. The number of hydrogen-bond acceptors (Lipinski definition) is 1. The van der Waals surface area contributed by atoms with Crippen LogP contribution in [0.2, 0.25) is 0 Å². The smallest absolute Gasteiger partial charge is 0.106 e. The van der Waals surface area contributed by atoms with E-state index in [-0.39, 0.29) is 0 Å². The molecule has 0 spiro atoms. The first-order valence-electron chi connectivity index (χ1n) is 6.46. The van der Waals surface area contributed by atoms with Crippen molar-refractivity contribution in [3.8, 4) is 0 Å². The third kappa shape index (κ3) is 2.60. The van der Waals surface area contributed by atoms with Gasteiger partial charge in [0.1, 0.15) is 6.61 Å². The van der Waals surface area contributed by atoms with E-state index in [0.29, 0.717) is 6.61 Å². The summed E-state index contributed by atoms with van der Waals surface area (Å²) in [6.45, 7) is 5.16. The predicted octanol–water partition coefficient (Wildman–Crippen LogP) is 4.13. The standard InChI is InChI=1S/C16H20O/c1-3-6-15-13(4-2)7-5-8-16(15)14-9-11-17-12-10-14/h5,7-11H,3-4,6,12H2,1-2H3. The fourth-order valence-corrected chi connectivity index (χ4v) is 2.36. The van der Waals surface area contributed by atoms with Gasteiger partial charge >= 0.3 is 0 Å². The minimum absolute atomic E-state index is 0.688. The number of aryl methyl sites for hydroxylation is 1. The molecule has 0 unspecified atom stereocenters. The van der Waals surface area contributed by atoms with E-state index in [0.717, 1.165) is 12.8 Å². The van der Waals surface area contributed by atoms with Crippen molar-refractivity contribution in [3.05, 3.63) is 53.3 Å². The lowest BCUT2D eigenvalue weighted by Gasteiger charge is -2.16. The molecule has 1 aromatic carbocycles. The molecule has 0 aromatic heterocycles. The van der Waals surface area contributed by atoms with Crippen LogP contribution >= 0.6 is 0 Å². The van der Waals surface area contributed by atoms with Gasteiger partial charge in [-0.05, 0) is 47.3 Å². The van der Waals surface area contributed by atoms with Crippen LogP contribution in [0.15, 0.2) is 36.6 Å². The Kier molecular flexibility index (Phi) is 4.03. The van der Waals surface area contributed by atoms with Gasteiger partial charge in [-0.3, -0.25) is 0 Å². The van der Waals surface area contributed by atoms with Crippen molar-refractivity contribution in [2.24, 2.45) is 0 Å². The summed E-state index contributed by atoms with van der Waals surface area (Å²) in [6, 6.07) is 6.64. The second-order valence-corrected chi connectivity index (χ2v) is 4.34. The molecule has 0 aliphatic carbocycles. The SMILES string of the molecule is CCCc1c(CC)cccc1C1=CCOC=C1. The van der Waals surface area contributed by atoms with Crippen LogP contribution in [0.1, 0.15) is 37.0 Å². The lowest BCUT2D eigenvalue weighted by molar-refractivity contribution is 0.287. The van der Waals surface area contributed by atoms with E-state index in [1.807, 2.05) is 0 Å². The van der Waals surface area contributed by atoms with Crippen molar-refractivity contribution in [1.82, 2.24) is 0 Å². The van der Waals surface area contributed by atoms with Gasteiger partial charge in [0.2, 0.25) is 0 Å². The molecule has 0 fully saturated rings. The summed E-state index contributed by atoms with van der Waals surface area (Å²) in [5.74, 6) is 0. The van der Waals surface area contributed by atoms with Gasteiger partial charge in [0.15, 0.2) is 0 Å². The Morgan fingerprint density at radius 2 is 2.12 bits per heavy atom. The summed E-state index contributed by atoms with van der Waals surface area (Å²) in [5.41, 5.74) is 5.67. The highest BCUT2D eigenvalue weighted by Gasteiger charge is 2.10. The first-order valence-corrected chi connectivity index (χ1v) is 6.46. The summed E-state index contributed by atoms with van der Waals surface area (Å²) in [7, 11) is 0. The van der Waals surface area contributed by atoms with E-state index in [4.69, 9.17) is 4.74 Å². The van der Waals surface area contributed by atoms with E-state index < -0.39 is 0 Å². The maximum absolute atomic E-state index is 5.22. The molecule has 17 heavy (non-hydrogen) atoms. The topological polar surface area (TPSA) is 9.23 Å². The van der Waals surface area contributed by atoms with Crippen molar-refractivity contribution >= 4 is 5.57 Å². The molecule has 0 atom stereocenters. The Balaban J connectivity index is 2.44. The van der Waals surface area contributed by atoms with Crippen LogP contribution in [0.3, 0.4) is 0 Å². The maximum atomic E-state index is 5.22. The lowest BCUT2D eigenvalue weighted by atomic mass is 9.91. The number of rotatable bonds is 4. The zero-order chi connectivity index (χ0) is 12.1. The zero-order valence-electron chi connectivity index (χ0n) is 10.7. The Hall–Kier alpha value is -1.50. The van der Waals surface area contributed by atoms with Crippen molar-refractivity contribution in [1.29, 1.82) is 0 Å². The van der Waals surface area contributed by atoms with Crippen LogP contribution in [0.25, 0.3) is 5.57 Å². The lowest BCUT2D eigenvalue weighted by Crippen LogP contribution is -2.00. The minimum Gasteiger partial charge on any atom is -0.497 e. The van der Waals surface area contributed by atoms with Gasteiger partial charge in [0.25, 0.3) is 0 Å². The van der Waals surface area contributed by atoms with Crippen LogP contribution < -0.4 is 0 Å². The number of allylic oxidation sites excluding steroid dienone is 2. The molecule has 0 saturated carbocycles. The molecule has 0 saturated heterocycles. The first-order chi connectivity index (χ1) is 8.36. The second kappa shape index (κ2) is 5.72. The average Bonchev–Trinajstić information content (AvgIpc) is 2.40. The number of hydrogen-bond donors (Lipinski definition) is 0. The molecule has 0 amide bonds. The van der Waals surface area contributed by atoms with Crippen molar-refractivity contribution < 1.29 is 4.74 Å².